The molecule has 4 heteroatoms. The molecule has 0 aromatic carbocycles. The van der Waals surface area contributed by atoms with E-state index >= 15 is 0 Å². The van der Waals surface area contributed by atoms with Gasteiger partial charge in [0.2, 0.25) is 5.89 Å². The molecule has 2 atom stereocenters. The number of aromatic nitrogens is 2. The number of nitrogens with two attached hydrogens (primary N) is 1. The lowest BCUT2D eigenvalue weighted by atomic mass is 9.97. The first-order valence-corrected chi connectivity index (χ1v) is 5.80. The number of rotatable bonds is 2. The van der Waals surface area contributed by atoms with Crippen molar-refractivity contribution in [2.45, 2.75) is 50.5 Å². The van der Waals surface area contributed by atoms with Gasteiger partial charge in [0.05, 0.1) is 5.54 Å². The second kappa shape index (κ2) is 3.04. The smallest absolute Gasteiger partial charge is 0.229 e. The van der Waals surface area contributed by atoms with Gasteiger partial charge < -0.3 is 10.3 Å². The van der Waals surface area contributed by atoms with E-state index in [1.807, 2.05) is 0 Å². The lowest BCUT2D eigenvalue weighted by Gasteiger charge is -2.18. The van der Waals surface area contributed by atoms with Crippen LogP contribution >= 0.6 is 0 Å². The second-order valence-corrected chi connectivity index (χ2v) is 5.23. The van der Waals surface area contributed by atoms with Crippen LogP contribution in [-0.4, -0.2) is 10.1 Å². The van der Waals surface area contributed by atoms with Crippen LogP contribution in [0.1, 0.15) is 56.7 Å². The van der Waals surface area contributed by atoms with Gasteiger partial charge in [-0.25, -0.2) is 0 Å². The van der Waals surface area contributed by atoms with E-state index < -0.39 is 0 Å². The summed E-state index contributed by atoms with van der Waals surface area (Å²) in [6, 6.07) is 0. The Labute approximate surface area is 89.2 Å². The largest absolute Gasteiger partial charge is 0.339 e. The topological polar surface area (TPSA) is 64.9 Å². The highest BCUT2D eigenvalue weighted by atomic mass is 16.5. The van der Waals surface area contributed by atoms with Gasteiger partial charge in [-0.1, -0.05) is 12.1 Å². The van der Waals surface area contributed by atoms with Crippen LogP contribution in [0, 0.1) is 5.92 Å². The van der Waals surface area contributed by atoms with Crippen LogP contribution in [0.3, 0.4) is 0 Å². The van der Waals surface area contributed by atoms with Gasteiger partial charge in [0.15, 0.2) is 5.82 Å². The predicted octanol–water partition coefficient (Wildman–Crippen LogP) is 1.92. The van der Waals surface area contributed by atoms with Crippen molar-refractivity contribution in [3.63, 3.8) is 0 Å². The molecule has 0 amide bonds. The number of hydrogen-bond acceptors (Lipinski definition) is 4. The molecule has 2 aliphatic rings. The van der Waals surface area contributed by atoms with Crippen molar-refractivity contribution in [3.8, 4) is 0 Å². The molecule has 0 bridgehead atoms. The van der Waals surface area contributed by atoms with Gasteiger partial charge in [-0.15, -0.1) is 0 Å². The summed E-state index contributed by atoms with van der Waals surface area (Å²) in [6.45, 7) is 2.23. The molecule has 0 saturated heterocycles. The van der Waals surface area contributed by atoms with Gasteiger partial charge in [-0.3, -0.25) is 0 Å². The summed E-state index contributed by atoms with van der Waals surface area (Å²) in [5.41, 5.74) is 6.00. The van der Waals surface area contributed by atoms with E-state index in [0.717, 1.165) is 24.6 Å². The molecule has 4 nitrogen and oxygen atoms in total. The minimum absolute atomic E-state index is 0.323. The third-order valence-corrected chi connectivity index (χ3v) is 3.61. The maximum absolute atomic E-state index is 6.32. The lowest BCUT2D eigenvalue weighted by Crippen LogP contribution is -2.34. The minimum Gasteiger partial charge on any atom is -0.339 e. The molecule has 2 unspecified atom stereocenters. The van der Waals surface area contributed by atoms with Crippen molar-refractivity contribution in [2.75, 3.05) is 0 Å². The van der Waals surface area contributed by atoms with E-state index in [-0.39, 0.29) is 5.54 Å². The highest BCUT2D eigenvalue weighted by Crippen LogP contribution is 2.42. The molecule has 0 spiro atoms. The highest BCUT2D eigenvalue weighted by molar-refractivity contribution is 5.10. The molecular weight excluding hydrogens is 190 g/mol. The monoisotopic (exact) mass is 207 g/mol. The molecule has 2 aliphatic carbocycles. The minimum atomic E-state index is -0.323. The van der Waals surface area contributed by atoms with Gasteiger partial charge in [-0.05, 0) is 38.0 Å². The van der Waals surface area contributed by atoms with Crippen LogP contribution in [0.25, 0.3) is 0 Å². The first-order chi connectivity index (χ1) is 7.17. The quantitative estimate of drug-likeness (QED) is 0.804. The predicted molar refractivity (Wildman–Crippen MR) is 55.2 cm³/mol. The van der Waals surface area contributed by atoms with Gasteiger partial charge in [-0.2, -0.15) is 4.98 Å². The normalized spacial score (nSPS) is 36.0. The summed E-state index contributed by atoms with van der Waals surface area (Å²) in [4.78, 5) is 4.46. The standard InChI is InChI=1S/C11H17N3O/c1-7-4-5-11(12,6-7)10-13-9(15-14-10)8-2-3-8/h7-8H,2-6,12H2,1H3. The molecule has 2 fully saturated rings. The Morgan fingerprint density at radius 2 is 2.20 bits per heavy atom. The van der Waals surface area contributed by atoms with Crippen molar-refractivity contribution >= 4 is 0 Å². The molecule has 0 aliphatic heterocycles. The fourth-order valence-electron chi connectivity index (χ4n) is 2.47. The molecule has 0 radical (unpaired) electrons. The Morgan fingerprint density at radius 1 is 1.40 bits per heavy atom. The average molecular weight is 207 g/mol. The van der Waals surface area contributed by atoms with E-state index in [9.17, 15) is 0 Å². The van der Waals surface area contributed by atoms with Crippen molar-refractivity contribution in [1.29, 1.82) is 0 Å². The summed E-state index contributed by atoms with van der Waals surface area (Å²) >= 11 is 0. The Morgan fingerprint density at radius 3 is 2.80 bits per heavy atom. The zero-order valence-corrected chi connectivity index (χ0v) is 9.07. The summed E-state index contributed by atoms with van der Waals surface area (Å²) in [7, 11) is 0. The molecule has 1 heterocycles. The third-order valence-electron chi connectivity index (χ3n) is 3.61. The summed E-state index contributed by atoms with van der Waals surface area (Å²) in [6.07, 6.45) is 5.52. The van der Waals surface area contributed by atoms with E-state index in [0.29, 0.717) is 11.8 Å². The van der Waals surface area contributed by atoms with Gasteiger partial charge in [0.25, 0.3) is 0 Å². The molecule has 1 aromatic heterocycles. The van der Waals surface area contributed by atoms with Crippen molar-refractivity contribution in [1.82, 2.24) is 10.1 Å². The van der Waals surface area contributed by atoms with Gasteiger partial charge in [0, 0.05) is 5.92 Å². The first-order valence-electron chi connectivity index (χ1n) is 5.80. The molecule has 15 heavy (non-hydrogen) atoms. The summed E-state index contributed by atoms with van der Waals surface area (Å²) in [5.74, 6) is 2.73. The maximum Gasteiger partial charge on any atom is 0.229 e. The third kappa shape index (κ3) is 1.57. The lowest BCUT2D eigenvalue weighted by molar-refractivity contribution is 0.345. The molecule has 82 valence electrons. The Kier molecular flexibility index (Phi) is 1.89. The van der Waals surface area contributed by atoms with Crippen LogP contribution in [0.4, 0.5) is 0 Å². The molecule has 1 aromatic rings. The van der Waals surface area contributed by atoms with Crippen molar-refractivity contribution in [3.05, 3.63) is 11.7 Å². The number of hydrogen-bond donors (Lipinski definition) is 1. The van der Waals surface area contributed by atoms with E-state index in [4.69, 9.17) is 10.3 Å². The van der Waals surface area contributed by atoms with Crippen LogP contribution in [-0.2, 0) is 5.54 Å². The van der Waals surface area contributed by atoms with Crippen LogP contribution < -0.4 is 5.73 Å². The Hall–Kier alpha value is -0.900. The molecular formula is C11H17N3O. The van der Waals surface area contributed by atoms with E-state index in [1.165, 1.54) is 19.3 Å². The van der Waals surface area contributed by atoms with Gasteiger partial charge >= 0.3 is 0 Å². The molecule has 2 N–H and O–H groups in total. The zero-order chi connectivity index (χ0) is 10.5. The van der Waals surface area contributed by atoms with Crippen LogP contribution in [0.15, 0.2) is 4.52 Å². The first kappa shape index (κ1) is 9.33. The Balaban J connectivity index is 1.84. The van der Waals surface area contributed by atoms with Crippen LogP contribution in [0.5, 0.6) is 0 Å². The summed E-state index contributed by atoms with van der Waals surface area (Å²) < 4.78 is 5.26. The SMILES string of the molecule is CC1CCC(N)(c2noc(C3CC3)n2)C1. The van der Waals surface area contributed by atoms with Crippen molar-refractivity contribution < 1.29 is 4.52 Å². The maximum atomic E-state index is 6.32. The van der Waals surface area contributed by atoms with E-state index in [1.54, 1.807) is 0 Å². The fourth-order valence-corrected chi connectivity index (χ4v) is 2.47. The summed E-state index contributed by atoms with van der Waals surface area (Å²) in [5, 5.41) is 4.05. The fraction of sp³-hybridized carbons (Fsp3) is 0.818. The second-order valence-electron chi connectivity index (χ2n) is 5.23. The highest BCUT2D eigenvalue weighted by Gasteiger charge is 2.40. The number of nitrogens with zero attached hydrogens (tertiary/aromatic N) is 2. The van der Waals surface area contributed by atoms with Gasteiger partial charge in [0.1, 0.15) is 0 Å². The Bertz CT molecular complexity index is 372. The van der Waals surface area contributed by atoms with Crippen molar-refractivity contribution in [2.24, 2.45) is 11.7 Å². The molecule has 2 saturated carbocycles. The zero-order valence-electron chi connectivity index (χ0n) is 9.07. The average Bonchev–Trinajstić information content (AvgIpc) is 2.81. The molecule has 3 rings (SSSR count). The van der Waals surface area contributed by atoms with E-state index in [2.05, 4.69) is 17.1 Å². The van der Waals surface area contributed by atoms with Crippen LogP contribution in [0.2, 0.25) is 0 Å².